The van der Waals surface area contributed by atoms with Crippen LogP contribution < -0.4 is 4.74 Å². The first kappa shape index (κ1) is 13.4. The smallest absolute Gasteiger partial charge is 0.123 e. The molecule has 0 heterocycles. The van der Waals surface area contributed by atoms with Gasteiger partial charge in [0.15, 0.2) is 0 Å². The standard InChI is InChI=1S/C15H14BrClO/c1-2-18-14-6-4-3-5-13(14)15(16)11-7-9-12(17)10-8-11/h3-10,15H,2H2,1H3. The van der Waals surface area contributed by atoms with Gasteiger partial charge in [0.05, 0.1) is 11.4 Å². The van der Waals surface area contributed by atoms with Crippen molar-refractivity contribution in [1.29, 1.82) is 0 Å². The van der Waals surface area contributed by atoms with E-state index in [1.807, 2.05) is 49.4 Å². The summed E-state index contributed by atoms with van der Waals surface area (Å²) in [5.74, 6) is 0.914. The van der Waals surface area contributed by atoms with Gasteiger partial charge in [-0.1, -0.05) is 57.9 Å². The summed E-state index contributed by atoms with van der Waals surface area (Å²) in [6.45, 7) is 2.65. The molecule has 18 heavy (non-hydrogen) atoms. The van der Waals surface area contributed by atoms with Crippen molar-refractivity contribution in [2.24, 2.45) is 0 Å². The largest absolute Gasteiger partial charge is 0.494 e. The molecule has 3 heteroatoms. The molecule has 2 rings (SSSR count). The van der Waals surface area contributed by atoms with E-state index in [-0.39, 0.29) is 4.83 Å². The number of hydrogen-bond donors (Lipinski definition) is 0. The molecule has 0 aromatic heterocycles. The van der Waals surface area contributed by atoms with Gasteiger partial charge in [-0.15, -0.1) is 0 Å². The Hall–Kier alpha value is -0.990. The molecule has 0 fully saturated rings. The third kappa shape index (κ3) is 3.06. The van der Waals surface area contributed by atoms with Crippen LogP contribution in [0.15, 0.2) is 48.5 Å². The van der Waals surface area contributed by atoms with Crippen molar-refractivity contribution in [2.75, 3.05) is 6.61 Å². The summed E-state index contributed by atoms with van der Waals surface area (Å²) in [5.41, 5.74) is 2.29. The van der Waals surface area contributed by atoms with Crippen LogP contribution in [0.1, 0.15) is 22.9 Å². The summed E-state index contributed by atoms with van der Waals surface area (Å²) in [6.07, 6.45) is 0. The van der Waals surface area contributed by atoms with Crippen LogP contribution >= 0.6 is 27.5 Å². The quantitative estimate of drug-likeness (QED) is 0.700. The average molecular weight is 326 g/mol. The highest BCUT2D eigenvalue weighted by molar-refractivity contribution is 9.09. The van der Waals surface area contributed by atoms with Crippen molar-refractivity contribution in [2.45, 2.75) is 11.8 Å². The highest BCUT2D eigenvalue weighted by Gasteiger charge is 2.14. The monoisotopic (exact) mass is 324 g/mol. The fraction of sp³-hybridized carbons (Fsp3) is 0.200. The van der Waals surface area contributed by atoms with Crippen LogP contribution in [-0.4, -0.2) is 6.61 Å². The molecule has 0 bridgehead atoms. The predicted molar refractivity (Wildman–Crippen MR) is 79.8 cm³/mol. The molecule has 0 saturated heterocycles. The minimum absolute atomic E-state index is 0.109. The minimum Gasteiger partial charge on any atom is -0.494 e. The summed E-state index contributed by atoms with van der Waals surface area (Å²) in [5, 5.41) is 0.747. The lowest BCUT2D eigenvalue weighted by Gasteiger charge is -2.15. The molecule has 94 valence electrons. The van der Waals surface area contributed by atoms with Gasteiger partial charge < -0.3 is 4.74 Å². The highest BCUT2D eigenvalue weighted by atomic mass is 79.9. The van der Waals surface area contributed by atoms with E-state index in [0.29, 0.717) is 6.61 Å². The van der Waals surface area contributed by atoms with Crippen LogP contribution in [0.5, 0.6) is 5.75 Å². The zero-order valence-electron chi connectivity index (χ0n) is 10.1. The summed E-state index contributed by atoms with van der Waals surface area (Å²) in [7, 11) is 0. The average Bonchev–Trinajstić information content (AvgIpc) is 2.40. The molecular formula is C15H14BrClO. The van der Waals surface area contributed by atoms with Gasteiger partial charge in [-0.3, -0.25) is 0 Å². The molecule has 0 aliphatic heterocycles. The Balaban J connectivity index is 2.33. The van der Waals surface area contributed by atoms with Crippen molar-refractivity contribution in [3.05, 3.63) is 64.7 Å². The first-order valence-electron chi connectivity index (χ1n) is 5.83. The van der Waals surface area contributed by atoms with Gasteiger partial charge in [-0.2, -0.15) is 0 Å². The topological polar surface area (TPSA) is 9.23 Å². The lowest BCUT2D eigenvalue weighted by Crippen LogP contribution is -1.99. The third-order valence-corrected chi connectivity index (χ3v) is 3.93. The molecule has 0 spiro atoms. The summed E-state index contributed by atoms with van der Waals surface area (Å²) < 4.78 is 5.65. The van der Waals surface area contributed by atoms with Gasteiger partial charge in [0.25, 0.3) is 0 Å². The van der Waals surface area contributed by atoms with E-state index in [9.17, 15) is 0 Å². The van der Waals surface area contributed by atoms with Gasteiger partial charge in [0.1, 0.15) is 5.75 Å². The number of rotatable bonds is 4. The Morgan fingerprint density at radius 1 is 1.11 bits per heavy atom. The van der Waals surface area contributed by atoms with Gasteiger partial charge in [-0.05, 0) is 30.7 Å². The maximum absolute atomic E-state index is 5.90. The van der Waals surface area contributed by atoms with E-state index in [4.69, 9.17) is 16.3 Å². The Morgan fingerprint density at radius 3 is 2.44 bits per heavy atom. The van der Waals surface area contributed by atoms with Crippen LogP contribution in [0.4, 0.5) is 0 Å². The highest BCUT2D eigenvalue weighted by Crippen LogP contribution is 2.36. The second kappa shape index (κ2) is 6.26. The third-order valence-electron chi connectivity index (χ3n) is 2.65. The number of benzene rings is 2. The van der Waals surface area contributed by atoms with Crippen LogP contribution in [0.3, 0.4) is 0 Å². The van der Waals surface area contributed by atoms with Crippen molar-refractivity contribution in [1.82, 2.24) is 0 Å². The lowest BCUT2D eigenvalue weighted by atomic mass is 10.0. The Morgan fingerprint density at radius 2 is 1.78 bits per heavy atom. The molecule has 1 unspecified atom stereocenters. The minimum atomic E-state index is 0.109. The maximum atomic E-state index is 5.90. The molecule has 0 aliphatic rings. The predicted octanol–water partition coefficient (Wildman–Crippen LogP) is 5.22. The second-order valence-corrected chi connectivity index (χ2v) is 5.24. The number of para-hydroxylation sites is 1. The second-order valence-electron chi connectivity index (χ2n) is 3.88. The van der Waals surface area contributed by atoms with Gasteiger partial charge in [0.2, 0.25) is 0 Å². The molecule has 0 N–H and O–H groups in total. The maximum Gasteiger partial charge on any atom is 0.123 e. The van der Waals surface area contributed by atoms with Crippen LogP contribution in [-0.2, 0) is 0 Å². The van der Waals surface area contributed by atoms with E-state index < -0.39 is 0 Å². The van der Waals surface area contributed by atoms with Gasteiger partial charge >= 0.3 is 0 Å². The van der Waals surface area contributed by atoms with Gasteiger partial charge in [0, 0.05) is 10.6 Å². The molecule has 0 radical (unpaired) electrons. The van der Waals surface area contributed by atoms with E-state index >= 15 is 0 Å². The zero-order valence-corrected chi connectivity index (χ0v) is 12.4. The van der Waals surface area contributed by atoms with E-state index in [1.165, 1.54) is 0 Å². The Kier molecular flexibility index (Phi) is 4.67. The number of hydrogen-bond acceptors (Lipinski definition) is 1. The van der Waals surface area contributed by atoms with Crippen LogP contribution in [0, 0.1) is 0 Å². The zero-order chi connectivity index (χ0) is 13.0. The number of halogens is 2. The van der Waals surface area contributed by atoms with E-state index in [0.717, 1.165) is 21.9 Å². The summed E-state index contributed by atoms with van der Waals surface area (Å²) >= 11 is 9.62. The van der Waals surface area contributed by atoms with Crippen molar-refractivity contribution < 1.29 is 4.74 Å². The van der Waals surface area contributed by atoms with Crippen molar-refractivity contribution in [3.8, 4) is 5.75 Å². The van der Waals surface area contributed by atoms with Crippen molar-refractivity contribution in [3.63, 3.8) is 0 Å². The first-order valence-corrected chi connectivity index (χ1v) is 7.13. The first-order chi connectivity index (χ1) is 8.72. The number of ether oxygens (including phenoxy) is 1. The van der Waals surface area contributed by atoms with Gasteiger partial charge in [-0.25, -0.2) is 0 Å². The molecule has 1 atom stereocenters. The van der Waals surface area contributed by atoms with E-state index in [1.54, 1.807) is 0 Å². The molecule has 0 amide bonds. The lowest BCUT2D eigenvalue weighted by molar-refractivity contribution is 0.337. The summed E-state index contributed by atoms with van der Waals surface area (Å²) in [4.78, 5) is 0.109. The summed E-state index contributed by atoms with van der Waals surface area (Å²) in [6, 6.07) is 15.9. The molecule has 1 nitrogen and oxygen atoms in total. The Bertz CT molecular complexity index is 510. The van der Waals surface area contributed by atoms with E-state index in [2.05, 4.69) is 22.0 Å². The molecular weight excluding hydrogens is 312 g/mol. The molecule has 0 saturated carbocycles. The number of alkyl halides is 1. The van der Waals surface area contributed by atoms with Crippen LogP contribution in [0.2, 0.25) is 5.02 Å². The SMILES string of the molecule is CCOc1ccccc1C(Br)c1ccc(Cl)cc1. The molecule has 2 aromatic rings. The Labute approximate surface area is 121 Å². The normalized spacial score (nSPS) is 12.2. The van der Waals surface area contributed by atoms with Crippen molar-refractivity contribution >= 4 is 27.5 Å². The molecule has 0 aliphatic carbocycles. The fourth-order valence-electron chi connectivity index (χ4n) is 1.79. The molecule has 2 aromatic carbocycles. The van der Waals surface area contributed by atoms with Crippen LogP contribution in [0.25, 0.3) is 0 Å². The fourth-order valence-corrected chi connectivity index (χ4v) is 2.60.